The second-order valence-electron chi connectivity index (χ2n) is 6.08. The summed E-state index contributed by atoms with van der Waals surface area (Å²) < 4.78 is 70.3. The SMILES string of the molecule is COC(=O)C[C@H]1c2ccccc2S(=O)(=O)N1Cc1cccc(C(F)(F)F)c1. The van der Waals surface area contributed by atoms with Gasteiger partial charge in [-0.2, -0.15) is 17.5 Å². The molecule has 1 heterocycles. The van der Waals surface area contributed by atoms with Crippen molar-refractivity contribution >= 4 is 16.0 Å². The Kier molecular flexibility index (Phi) is 5.00. The molecule has 144 valence electrons. The fourth-order valence-corrected chi connectivity index (χ4v) is 4.96. The second kappa shape index (κ2) is 6.97. The number of methoxy groups -OCH3 is 1. The summed E-state index contributed by atoms with van der Waals surface area (Å²) in [6.07, 6.45) is -4.76. The van der Waals surface area contributed by atoms with Crippen LogP contribution in [-0.4, -0.2) is 25.8 Å². The summed E-state index contributed by atoms with van der Waals surface area (Å²) in [6, 6.07) is 9.84. The number of hydrogen-bond donors (Lipinski definition) is 0. The Bertz CT molecular complexity index is 973. The lowest BCUT2D eigenvalue weighted by molar-refractivity contribution is -0.141. The zero-order valence-electron chi connectivity index (χ0n) is 14.2. The fraction of sp³-hybridized carbons (Fsp3) is 0.278. The van der Waals surface area contributed by atoms with Crippen molar-refractivity contribution in [2.24, 2.45) is 0 Å². The highest BCUT2D eigenvalue weighted by Crippen LogP contribution is 2.42. The maximum Gasteiger partial charge on any atom is 0.416 e. The van der Waals surface area contributed by atoms with Gasteiger partial charge in [0.15, 0.2) is 0 Å². The number of ether oxygens (including phenoxy) is 1. The van der Waals surface area contributed by atoms with Gasteiger partial charge in [-0.25, -0.2) is 8.42 Å². The Morgan fingerprint density at radius 3 is 2.52 bits per heavy atom. The maximum atomic E-state index is 12.9. The third-order valence-electron chi connectivity index (χ3n) is 4.39. The van der Waals surface area contributed by atoms with Crippen molar-refractivity contribution in [1.82, 2.24) is 4.31 Å². The molecule has 0 N–H and O–H groups in total. The zero-order valence-corrected chi connectivity index (χ0v) is 15.0. The minimum absolute atomic E-state index is 0.0471. The highest BCUT2D eigenvalue weighted by atomic mass is 32.2. The number of carbonyl (C=O) groups excluding carboxylic acids is 1. The third kappa shape index (κ3) is 3.70. The van der Waals surface area contributed by atoms with E-state index in [0.717, 1.165) is 16.4 Å². The number of hydrogen-bond acceptors (Lipinski definition) is 4. The standard InChI is InChI=1S/C18H16F3NO4S/c1-26-17(23)10-15-14-7-2-3-8-16(14)27(24,25)22(15)11-12-5-4-6-13(9-12)18(19,20)21/h2-9,15H,10-11H2,1H3/t15-/m0/s1. The summed E-state index contributed by atoms with van der Waals surface area (Å²) in [7, 11) is -2.76. The molecule has 1 aliphatic heterocycles. The van der Waals surface area contributed by atoms with Gasteiger partial charge in [-0.15, -0.1) is 0 Å². The number of alkyl halides is 3. The number of benzene rings is 2. The molecule has 2 aromatic rings. The molecule has 0 aromatic heterocycles. The number of rotatable bonds is 4. The van der Waals surface area contributed by atoms with Gasteiger partial charge < -0.3 is 4.74 Å². The molecule has 5 nitrogen and oxygen atoms in total. The first-order valence-corrected chi connectivity index (χ1v) is 9.42. The van der Waals surface area contributed by atoms with Crippen LogP contribution in [0.5, 0.6) is 0 Å². The average Bonchev–Trinajstić information content (AvgIpc) is 2.83. The van der Waals surface area contributed by atoms with Gasteiger partial charge in [-0.1, -0.05) is 36.4 Å². The van der Waals surface area contributed by atoms with Crippen LogP contribution >= 0.6 is 0 Å². The Hall–Kier alpha value is -2.39. The highest BCUT2D eigenvalue weighted by Gasteiger charge is 2.43. The predicted molar refractivity (Wildman–Crippen MR) is 90.0 cm³/mol. The molecular weight excluding hydrogens is 383 g/mol. The van der Waals surface area contributed by atoms with Crippen LogP contribution in [0.25, 0.3) is 0 Å². The van der Waals surface area contributed by atoms with Gasteiger partial charge in [-0.05, 0) is 23.3 Å². The molecule has 0 amide bonds. The van der Waals surface area contributed by atoms with Crippen LogP contribution in [-0.2, 0) is 32.3 Å². The van der Waals surface area contributed by atoms with Crippen molar-refractivity contribution in [2.75, 3.05) is 7.11 Å². The summed E-state index contributed by atoms with van der Waals surface area (Å²) >= 11 is 0. The Morgan fingerprint density at radius 2 is 1.85 bits per heavy atom. The normalized spacial score (nSPS) is 18.9. The van der Waals surface area contributed by atoms with E-state index < -0.39 is 33.8 Å². The number of halogens is 3. The van der Waals surface area contributed by atoms with Gasteiger partial charge in [-0.3, -0.25) is 4.79 Å². The first-order valence-electron chi connectivity index (χ1n) is 7.98. The number of sulfonamides is 1. The van der Waals surface area contributed by atoms with E-state index in [1.165, 1.54) is 25.3 Å². The molecular formula is C18H16F3NO4S. The van der Waals surface area contributed by atoms with Crippen LogP contribution in [0.3, 0.4) is 0 Å². The quantitative estimate of drug-likeness (QED) is 0.738. The molecule has 1 atom stereocenters. The van der Waals surface area contributed by atoms with E-state index in [1.54, 1.807) is 18.2 Å². The van der Waals surface area contributed by atoms with Crippen molar-refractivity contribution < 1.29 is 31.1 Å². The molecule has 0 unspecified atom stereocenters. The second-order valence-corrected chi connectivity index (χ2v) is 7.94. The molecule has 9 heteroatoms. The number of fused-ring (bicyclic) bond motifs is 1. The van der Waals surface area contributed by atoms with Gasteiger partial charge >= 0.3 is 12.1 Å². The topological polar surface area (TPSA) is 63.7 Å². The molecule has 0 saturated carbocycles. The molecule has 0 bridgehead atoms. The molecule has 3 rings (SSSR count). The summed E-state index contributed by atoms with van der Waals surface area (Å²) in [6.45, 7) is -0.289. The smallest absolute Gasteiger partial charge is 0.416 e. The first-order chi connectivity index (χ1) is 12.6. The number of carbonyl (C=O) groups is 1. The highest BCUT2D eigenvalue weighted by molar-refractivity contribution is 7.89. The Morgan fingerprint density at radius 1 is 1.15 bits per heavy atom. The van der Waals surface area contributed by atoms with Crippen LogP contribution < -0.4 is 0 Å². The maximum absolute atomic E-state index is 12.9. The van der Waals surface area contributed by atoms with E-state index in [-0.39, 0.29) is 23.4 Å². The summed E-state index contributed by atoms with van der Waals surface area (Å²) in [4.78, 5) is 11.8. The van der Waals surface area contributed by atoms with E-state index in [0.29, 0.717) is 5.56 Å². The van der Waals surface area contributed by atoms with Crippen molar-refractivity contribution in [2.45, 2.75) is 30.1 Å². The van der Waals surface area contributed by atoms with Gasteiger partial charge in [0.25, 0.3) is 0 Å². The number of esters is 1. The van der Waals surface area contributed by atoms with Crippen LogP contribution in [0.4, 0.5) is 13.2 Å². The molecule has 0 fully saturated rings. The first kappa shape index (κ1) is 19.4. The van der Waals surface area contributed by atoms with Crippen LogP contribution in [0.15, 0.2) is 53.4 Å². The molecule has 0 saturated heterocycles. The molecule has 0 aliphatic carbocycles. The number of nitrogens with zero attached hydrogens (tertiary/aromatic N) is 1. The lowest BCUT2D eigenvalue weighted by atomic mass is 10.0. The van der Waals surface area contributed by atoms with Gasteiger partial charge in [0, 0.05) is 6.54 Å². The average molecular weight is 399 g/mol. The van der Waals surface area contributed by atoms with E-state index in [9.17, 15) is 26.4 Å². The fourth-order valence-electron chi connectivity index (χ4n) is 3.11. The van der Waals surface area contributed by atoms with E-state index in [1.807, 2.05) is 0 Å². The lowest BCUT2D eigenvalue weighted by Crippen LogP contribution is -2.29. The van der Waals surface area contributed by atoms with Crippen molar-refractivity contribution in [3.05, 3.63) is 65.2 Å². The largest absolute Gasteiger partial charge is 0.469 e. The van der Waals surface area contributed by atoms with E-state index in [2.05, 4.69) is 4.74 Å². The minimum atomic E-state index is -4.53. The molecule has 27 heavy (non-hydrogen) atoms. The summed E-state index contributed by atoms with van der Waals surface area (Å²) in [5, 5.41) is 0. The van der Waals surface area contributed by atoms with Gasteiger partial charge in [0.1, 0.15) is 0 Å². The monoisotopic (exact) mass is 399 g/mol. The van der Waals surface area contributed by atoms with E-state index in [4.69, 9.17) is 0 Å². The molecule has 0 radical (unpaired) electrons. The summed E-state index contributed by atoms with van der Waals surface area (Å²) in [5.74, 6) is -0.610. The van der Waals surface area contributed by atoms with Crippen LogP contribution in [0.2, 0.25) is 0 Å². The predicted octanol–water partition coefficient (Wildman–Crippen LogP) is 3.51. The summed E-state index contributed by atoms with van der Waals surface area (Å²) in [5.41, 5.74) is -0.260. The zero-order chi connectivity index (χ0) is 19.8. The molecule has 1 aliphatic rings. The lowest BCUT2D eigenvalue weighted by Gasteiger charge is -2.23. The van der Waals surface area contributed by atoms with Crippen LogP contribution in [0.1, 0.15) is 29.2 Å². The van der Waals surface area contributed by atoms with Crippen molar-refractivity contribution in [1.29, 1.82) is 0 Å². The molecule has 0 spiro atoms. The minimum Gasteiger partial charge on any atom is -0.469 e. The van der Waals surface area contributed by atoms with Crippen molar-refractivity contribution in [3.8, 4) is 0 Å². The van der Waals surface area contributed by atoms with Gasteiger partial charge in [0.05, 0.1) is 30.0 Å². The Balaban J connectivity index is 2.01. The third-order valence-corrected chi connectivity index (χ3v) is 6.32. The van der Waals surface area contributed by atoms with Crippen LogP contribution in [0, 0.1) is 0 Å². The Labute approximate surface area is 154 Å². The van der Waals surface area contributed by atoms with E-state index >= 15 is 0 Å². The van der Waals surface area contributed by atoms with Crippen molar-refractivity contribution in [3.63, 3.8) is 0 Å². The van der Waals surface area contributed by atoms with Gasteiger partial charge in [0.2, 0.25) is 10.0 Å². The molecule has 2 aromatic carbocycles.